The van der Waals surface area contributed by atoms with Crippen molar-refractivity contribution in [1.82, 2.24) is 5.32 Å². The van der Waals surface area contributed by atoms with Crippen molar-refractivity contribution in [2.45, 2.75) is 12.1 Å². The van der Waals surface area contributed by atoms with Crippen molar-refractivity contribution in [3.8, 4) is 0 Å². The van der Waals surface area contributed by atoms with Crippen LogP contribution in [0.15, 0.2) is 24.3 Å². The maximum atomic E-state index is 14.0. The van der Waals surface area contributed by atoms with Crippen LogP contribution in [-0.4, -0.2) is 24.7 Å². The van der Waals surface area contributed by atoms with Crippen molar-refractivity contribution in [2.75, 3.05) is 18.4 Å². The quantitative estimate of drug-likeness (QED) is 0.833. The predicted octanol–water partition coefficient (Wildman–Crippen LogP) is 1.98. The van der Waals surface area contributed by atoms with Gasteiger partial charge in [0.25, 0.3) is 5.91 Å². The van der Waals surface area contributed by atoms with Gasteiger partial charge in [-0.15, -0.1) is 0 Å². The van der Waals surface area contributed by atoms with Gasteiger partial charge in [-0.2, -0.15) is 0 Å². The van der Waals surface area contributed by atoms with Gasteiger partial charge in [0.2, 0.25) is 5.67 Å². The second-order valence-corrected chi connectivity index (χ2v) is 4.29. The molecule has 1 unspecified atom stereocenters. The third kappa shape index (κ3) is 2.33. The van der Waals surface area contributed by atoms with E-state index in [2.05, 4.69) is 10.6 Å². The molecule has 1 aromatic rings. The summed E-state index contributed by atoms with van der Waals surface area (Å²) in [5, 5.41) is 5.87. The molecule has 0 aromatic heterocycles. The van der Waals surface area contributed by atoms with Crippen LogP contribution in [0.3, 0.4) is 0 Å². The predicted molar refractivity (Wildman–Crippen MR) is 61.4 cm³/mol. The Hall–Kier alpha value is -1.13. The Kier molecular flexibility index (Phi) is 3.12. The standard InChI is InChI=1S/C11H12ClFN2O/c12-8-2-1-3-9(6-8)15-10(16)11(13)4-5-14-7-11/h1-3,6,14H,4-5,7H2,(H,15,16). The van der Waals surface area contributed by atoms with Crippen LogP contribution in [0.4, 0.5) is 10.1 Å². The first-order chi connectivity index (χ1) is 7.60. The molecule has 1 atom stereocenters. The largest absolute Gasteiger partial charge is 0.323 e. The van der Waals surface area contributed by atoms with Crippen molar-refractivity contribution in [1.29, 1.82) is 0 Å². The number of rotatable bonds is 2. The van der Waals surface area contributed by atoms with Gasteiger partial charge < -0.3 is 10.6 Å². The summed E-state index contributed by atoms with van der Waals surface area (Å²) in [6.07, 6.45) is 0.208. The molecule has 2 rings (SSSR count). The highest BCUT2D eigenvalue weighted by atomic mass is 35.5. The third-order valence-corrected chi connectivity index (χ3v) is 2.83. The van der Waals surface area contributed by atoms with E-state index in [1.165, 1.54) is 0 Å². The molecule has 3 nitrogen and oxygen atoms in total. The van der Waals surface area contributed by atoms with Gasteiger partial charge >= 0.3 is 0 Å². The molecule has 2 N–H and O–H groups in total. The van der Waals surface area contributed by atoms with Crippen LogP contribution < -0.4 is 10.6 Å². The molecule has 0 aliphatic carbocycles. The maximum Gasteiger partial charge on any atom is 0.263 e. The van der Waals surface area contributed by atoms with Gasteiger partial charge in [0, 0.05) is 23.7 Å². The van der Waals surface area contributed by atoms with E-state index in [9.17, 15) is 9.18 Å². The molecule has 1 aliphatic heterocycles. The molecular formula is C11H12ClFN2O. The minimum atomic E-state index is -1.80. The van der Waals surface area contributed by atoms with E-state index in [-0.39, 0.29) is 13.0 Å². The molecule has 0 saturated carbocycles. The van der Waals surface area contributed by atoms with Crippen LogP contribution >= 0.6 is 11.6 Å². The Labute approximate surface area is 98.0 Å². The lowest BCUT2D eigenvalue weighted by molar-refractivity contribution is -0.126. The summed E-state index contributed by atoms with van der Waals surface area (Å²) in [6, 6.07) is 6.66. The molecule has 0 bridgehead atoms. The minimum Gasteiger partial charge on any atom is -0.323 e. The zero-order chi connectivity index (χ0) is 11.6. The second kappa shape index (κ2) is 4.39. The topological polar surface area (TPSA) is 41.1 Å². The van der Waals surface area contributed by atoms with Gasteiger partial charge in [-0.1, -0.05) is 17.7 Å². The Morgan fingerprint density at radius 2 is 2.38 bits per heavy atom. The molecule has 1 heterocycles. The number of alkyl halides is 1. The maximum absolute atomic E-state index is 14.0. The van der Waals surface area contributed by atoms with Gasteiger partial charge in [0.05, 0.1) is 0 Å². The van der Waals surface area contributed by atoms with Crippen LogP contribution in [0.1, 0.15) is 6.42 Å². The fourth-order valence-electron chi connectivity index (χ4n) is 1.66. The van der Waals surface area contributed by atoms with Crippen LogP contribution in [0.5, 0.6) is 0 Å². The van der Waals surface area contributed by atoms with Gasteiger partial charge in [0.15, 0.2) is 0 Å². The zero-order valence-electron chi connectivity index (χ0n) is 8.59. The SMILES string of the molecule is O=C(Nc1cccc(Cl)c1)C1(F)CCNC1. The number of carbonyl (C=O) groups is 1. The number of hydrogen-bond acceptors (Lipinski definition) is 2. The number of carbonyl (C=O) groups excluding carboxylic acids is 1. The van der Waals surface area contributed by atoms with Crippen LogP contribution in [0.2, 0.25) is 5.02 Å². The van der Waals surface area contributed by atoms with Gasteiger partial charge in [-0.3, -0.25) is 4.79 Å². The molecule has 0 radical (unpaired) electrons. The number of hydrogen-bond donors (Lipinski definition) is 2. The number of halogens is 2. The Morgan fingerprint density at radius 1 is 1.56 bits per heavy atom. The fourth-order valence-corrected chi connectivity index (χ4v) is 1.85. The normalized spacial score (nSPS) is 24.4. The van der Waals surface area contributed by atoms with Crippen molar-refractivity contribution < 1.29 is 9.18 Å². The lowest BCUT2D eigenvalue weighted by Crippen LogP contribution is -2.40. The van der Waals surface area contributed by atoms with E-state index in [0.29, 0.717) is 17.3 Å². The van der Waals surface area contributed by atoms with E-state index in [1.54, 1.807) is 24.3 Å². The molecule has 0 spiro atoms. The average molecular weight is 243 g/mol. The smallest absolute Gasteiger partial charge is 0.263 e. The second-order valence-electron chi connectivity index (χ2n) is 3.86. The van der Waals surface area contributed by atoms with E-state index in [0.717, 1.165) is 0 Å². The highest BCUT2D eigenvalue weighted by molar-refractivity contribution is 6.30. The molecule has 86 valence electrons. The summed E-state index contributed by atoms with van der Waals surface area (Å²) in [7, 11) is 0. The van der Waals surface area contributed by atoms with Crippen LogP contribution in [0.25, 0.3) is 0 Å². The summed E-state index contributed by atoms with van der Waals surface area (Å²) in [5.74, 6) is -0.611. The Morgan fingerprint density at radius 3 is 3.00 bits per heavy atom. The lowest BCUT2D eigenvalue weighted by Gasteiger charge is -2.17. The molecule has 5 heteroatoms. The number of benzene rings is 1. The summed E-state index contributed by atoms with van der Waals surface area (Å²) < 4.78 is 14.0. The van der Waals surface area contributed by atoms with E-state index < -0.39 is 11.6 Å². The number of amides is 1. The van der Waals surface area contributed by atoms with Crippen molar-refractivity contribution >= 4 is 23.2 Å². The fraction of sp³-hybridized carbons (Fsp3) is 0.364. The first kappa shape index (κ1) is 11.4. The van der Waals surface area contributed by atoms with Gasteiger partial charge in [-0.25, -0.2) is 4.39 Å². The first-order valence-electron chi connectivity index (χ1n) is 5.07. The first-order valence-corrected chi connectivity index (χ1v) is 5.45. The summed E-state index contributed by atoms with van der Waals surface area (Å²) in [6.45, 7) is 0.596. The van der Waals surface area contributed by atoms with E-state index in [4.69, 9.17) is 11.6 Å². The molecule has 1 fully saturated rings. The highest BCUT2D eigenvalue weighted by Crippen LogP contribution is 2.23. The molecule has 16 heavy (non-hydrogen) atoms. The van der Waals surface area contributed by atoms with Crippen molar-refractivity contribution in [3.63, 3.8) is 0 Å². The van der Waals surface area contributed by atoms with Crippen LogP contribution in [-0.2, 0) is 4.79 Å². The van der Waals surface area contributed by atoms with Crippen molar-refractivity contribution in [3.05, 3.63) is 29.3 Å². The van der Waals surface area contributed by atoms with E-state index in [1.807, 2.05) is 0 Å². The Balaban J connectivity index is 2.07. The molecular weight excluding hydrogens is 231 g/mol. The van der Waals surface area contributed by atoms with Gasteiger partial charge in [-0.05, 0) is 24.7 Å². The number of nitrogens with one attached hydrogen (secondary N) is 2. The number of anilines is 1. The Bertz CT molecular complexity index is 405. The molecule has 1 aromatic carbocycles. The lowest BCUT2D eigenvalue weighted by atomic mass is 10.0. The minimum absolute atomic E-state index is 0.0688. The monoisotopic (exact) mass is 242 g/mol. The zero-order valence-corrected chi connectivity index (χ0v) is 9.35. The molecule has 1 amide bonds. The molecule has 1 saturated heterocycles. The highest BCUT2D eigenvalue weighted by Gasteiger charge is 2.41. The molecule has 1 aliphatic rings. The average Bonchev–Trinajstić information content (AvgIpc) is 2.66. The van der Waals surface area contributed by atoms with E-state index >= 15 is 0 Å². The third-order valence-electron chi connectivity index (χ3n) is 2.59. The van der Waals surface area contributed by atoms with Crippen molar-refractivity contribution in [2.24, 2.45) is 0 Å². The van der Waals surface area contributed by atoms with Crippen LogP contribution in [0, 0.1) is 0 Å². The summed E-state index contributed by atoms with van der Waals surface area (Å²) in [4.78, 5) is 11.7. The van der Waals surface area contributed by atoms with Gasteiger partial charge in [0.1, 0.15) is 0 Å². The summed E-state index contributed by atoms with van der Waals surface area (Å²) in [5.41, 5.74) is -1.29. The summed E-state index contributed by atoms with van der Waals surface area (Å²) >= 11 is 5.77.